The van der Waals surface area contributed by atoms with Crippen molar-refractivity contribution in [3.63, 3.8) is 0 Å². The van der Waals surface area contributed by atoms with Gasteiger partial charge in [0.2, 0.25) is 0 Å². The molecule has 0 saturated heterocycles. The number of rotatable bonds is 5. The zero-order valence-corrected chi connectivity index (χ0v) is 18.2. The average Bonchev–Trinajstić information content (AvgIpc) is 2.67. The number of nitrogens with zero attached hydrogens (tertiary/aromatic N) is 2. The van der Waals surface area contributed by atoms with Crippen LogP contribution in [0.1, 0.15) is 17.0 Å². The molecule has 3 rings (SSSR count). The van der Waals surface area contributed by atoms with Crippen LogP contribution < -0.4 is 24.8 Å². The number of hydrogen-bond donors (Lipinski definition) is 1. The van der Waals surface area contributed by atoms with E-state index in [1.807, 2.05) is 37.2 Å². The first-order valence-electron chi connectivity index (χ1n) is 8.73. The monoisotopic (exact) mass is 445 g/mol. The maximum absolute atomic E-state index is 6.28. The summed E-state index contributed by atoms with van der Waals surface area (Å²) in [5.41, 5.74) is 10.1. The lowest BCUT2D eigenvalue weighted by Crippen LogP contribution is -2.23. The van der Waals surface area contributed by atoms with E-state index in [0.717, 1.165) is 32.6 Å². The molecule has 1 aliphatic rings. The third-order valence-electron chi connectivity index (χ3n) is 4.70. The maximum atomic E-state index is 6.28. The minimum atomic E-state index is -0.153. The van der Waals surface area contributed by atoms with Gasteiger partial charge in [0.15, 0.2) is 17.4 Å². The molecule has 148 valence electrons. The number of methoxy groups -OCH3 is 2. The molecule has 0 radical (unpaired) electrons. The van der Waals surface area contributed by atoms with Gasteiger partial charge in [-0.2, -0.15) is 0 Å². The lowest BCUT2D eigenvalue weighted by Gasteiger charge is -2.29. The van der Waals surface area contributed by atoms with Crippen LogP contribution in [0.15, 0.2) is 51.3 Å². The van der Waals surface area contributed by atoms with E-state index in [0.29, 0.717) is 17.4 Å². The number of fused-ring (bicyclic) bond motifs is 1. The first kappa shape index (κ1) is 20.1. The van der Waals surface area contributed by atoms with Crippen LogP contribution in [0.2, 0.25) is 0 Å². The molecule has 6 nitrogen and oxygen atoms in total. The Kier molecular flexibility index (Phi) is 5.84. The van der Waals surface area contributed by atoms with Gasteiger partial charge in [0.1, 0.15) is 5.75 Å². The van der Waals surface area contributed by atoms with Crippen LogP contribution in [0.25, 0.3) is 0 Å². The van der Waals surface area contributed by atoms with E-state index in [1.54, 1.807) is 27.5 Å². The van der Waals surface area contributed by atoms with Crippen molar-refractivity contribution in [3.05, 3.63) is 57.4 Å². The van der Waals surface area contributed by atoms with Gasteiger partial charge >= 0.3 is 0 Å². The minimum absolute atomic E-state index is 0.153. The second-order valence-electron chi connectivity index (χ2n) is 6.60. The number of allylic oxidation sites excluding steroid dienone is 1. The third kappa shape index (κ3) is 3.54. The van der Waals surface area contributed by atoms with Crippen LogP contribution in [0.3, 0.4) is 0 Å². The van der Waals surface area contributed by atoms with Crippen molar-refractivity contribution in [3.8, 4) is 17.2 Å². The van der Waals surface area contributed by atoms with Crippen molar-refractivity contribution in [1.82, 2.24) is 0 Å². The van der Waals surface area contributed by atoms with Crippen LogP contribution in [-0.4, -0.2) is 41.6 Å². The fraction of sp³-hybridized carbons (Fsp3) is 0.286. The molecule has 0 spiro atoms. The van der Waals surface area contributed by atoms with Crippen LogP contribution in [0.4, 0.5) is 5.69 Å². The van der Waals surface area contributed by atoms with Gasteiger partial charge in [-0.1, -0.05) is 6.07 Å². The van der Waals surface area contributed by atoms with Gasteiger partial charge in [-0.15, -0.1) is 0 Å². The highest BCUT2D eigenvalue weighted by atomic mass is 79.9. The molecular formula is C21H24BrN3O3. The molecule has 0 saturated carbocycles. The third-order valence-corrected chi connectivity index (χ3v) is 5.29. The van der Waals surface area contributed by atoms with E-state index in [2.05, 4.69) is 33.1 Å². The predicted octanol–water partition coefficient (Wildman–Crippen LogP) is 3.93. The highest BCUT2D eigenvalue weighted by Gasteiger charge is 2.31. The first-order valence-corrected chi connectivity index (χ1v) is 9.52. The highest BCUT2D eigenvalue weighted by Crippen LogP contribution is 2.46. The number of nitrogens with two attached hydrogens (primary N) is 1. The summed E-state index contributed by atoms with van der Waals surface area (Å²) >= 11 is 3.59. The average molecular weight is 446 g/mol. The second-order valence-corrected chi connectivity index (χ2v) is 7.45. The first-order chi connectivity index (χ1) is 13.4. The van der Waals surface area contributed by atoms with Crippen molar-refractivity contribution in [2.24, 2.45) is 10.7 Å². The Hall–Kier alpha value is -2.67. The van der Waals surface area contributed by atoms with E-state index < -0.39 is 0 Å². The largest absolute Gasteiger partial charge is 0.493 e. The molecule has 1 heterocycles. The molecule has 0 aliphatic carbocycles. The summed E-state index contributed by atoms with van der Waals surface area (Å²) < 4.78 is 17.7. The standard InChI is InChI=1S/C21H24BrN3O3/c1-24-11-15-19(12-8-16(22)20(27-5)18(9-12)26-4)14-7-6-13(25(2)3)10-17(14)28-21(15)23/h6-11,19H,23H2,1-5H3. The van der Waals surface area contributed by atoms with E-state index >= 15 is 0 Å². The molecule has 2 aromatic rings. The predicted molar refractivity (Wildman–Crippen MR) is 116 cm³/mol. The number of ether oxygens (including phenoxy) is 3. The molecule has 0 fully saturated rings. The fourth-order valence-electron chi connectivity index (χ4n) is 3.36. The van der Waals surface area contributed by atoms with Gasteiger partial charge in [0.05, 0.1) is 18.7 Å². The smallest absolute Gasteiger partial charge is 0.196 e. The summed E-state index contributed by atoms with van der Waals surface area (Å²) in [6.45, 7) is 0. The normalized spacial score (nSPS) is 16.0. The number of benzene rings is 2. The summed E-state index contributed by atoms with van der Waals surface area (Å²) in [6.07, 6.45) is 1.74. The Morgan fingerprint density at radius 2 is 1.93 bits per heavy atom. The summed E-state index contributed by atoms with van der Waals surface area (Å²) in [7, 11) is 8.92. The van der Waals surface area contributed by atoms with Crippen molar-refractivity contribution in [2.75, 3.05) is 40.3 Å². The Morgan fingerprint density at radius 1 is 1.18 bits per heavy atom. The quantitative estimate of drug-likeness (QED) is 0.705. The lowest BCUT2D eigenvalue weighted by atomic mass is 9.83. The van der Waals surface area contributed by atoms with Crippen LogP contribution in [-0.2, 0) is 0 Å². The zero-order valence-electron chi connectivity index (χ0n) is 16.6. The van der Waals surface area contributed by atoms with Gasteiger partial charge in [-0.3, -0.25) is 4.99 Å². The van der Waals surface area contributed by atoms with Gasteiger partial charge in [0.25, 0.3) is 0 Å². The van der Waals surface area contributed by atoms with Gasteiger partial charge in [-0.05, 0) is 39.7 Å². The maximum Gasteiger partial charge on any atom is 0.196 e. The molecule has 0 aromatic heterocycles. The SMILES string of the molecule is CN=CC1=C(N)Oc2cc(N(C)C)ccc2C1c1cc(Br)c(OC)c(OC)c1. The van der Waals surface area contributed by atoms with Gasteiger partial charge in [-0.25, -0.2) is 0 Å². The van der Waals surface area contributed by atoms with E-state index in [9.17, 15) is 0 Å². The number of anilines is 1. The highest BCUT2D eigenvalue weighted by molar-refractivity contribution is 9.10. The second kappa shape index (κ2) is 8.14. The molecule has 1 unspecified atom stereocenters. The Bertz CT molecular complexity index is 954. The fourth-order valence-corrected chi connectivity index (χ4v) is 3.98. The Labute approximate surface area is 173 Å². The molecule has 7 heteroatoms. The molecule has 1 aliphatic heterocycles. The molecule has 0 bridgehead atoms. The minimum Gasteiger partial charge on any atom is -0.493 e. The van der Waals surface area contributed by atoms with Gasteiger partial charge < -0.3 is 24.8 Å². The summed E-state index contributed by atoms with van der Waals surface area (Å²) in [5.74, 6) is 2.19. The van der Waals surface area contributed by atoms with E-state index in [-0.39, 0.29) is 5.92 Å². The Balaban J connectivity index is 2.24. The topological polar surface area (TPSA) is 69.3 Å². The van der Waals surface area contributed by atoms with E-state index in [1.165, 1.54) is 0 Å². The summed E-state index contributed by atoms with van der Waals surface area (Å²) in [6, 6.07) is 10.1. The van der Waals surface area contributed by atoms with Gasteiger partial charge in [0, 0.05) is 56.2 Å². The van der Waals surface area contributed by atoms with Crippen molar-refractivity contribution in [1.29, 1.82) is 0 Å². The molecular weight excluding hydrogens is 422 g/mol. The van der Waals surface area contributed by atoms with Crippen LogP contribution >= 0.6 is 15.9 Å². The number of halogens is 1. The van der Waals surface area contributed by atoms with Crippen LogP contribution in [0.5, 0.6) is 17.2 Å². The zero-order chi connectivity index (χ0) is 20.4. The summed E-state index contributed by atoms with van der Waals surface area (Å²) in [4.78, 5) is 6.21. The van der Waals surface area contributed by atoms with E-state index in [4.69, 9.17) is 19.9 Å². The Morgan fingerprint density at radius 3 is 2.54 bits per heavy atom. The number of hydrogen-bond acceptors (Lipinski definition) is 6. The molecule has 2 N–H and O–H groups in total. The lowest BCUT2D eigenvalue weighted by molar-refractivity contribution is 0.352. The molecule has 1 atom stereocenters. The summed E-state index contributed by atoms with van der Waals surface area (Å²) in [5, 5.41) is 0. The number of aliphatic imine (C=N–C) groups is 1. The van der Waals surface area contributed by atoms with Crippen molar-refractivity contribution in [2.45, 2.75) is 5.92 Å². The van der Waals surface area contributed by atoms with Crippen molar-refractivity contribution >= 4 is 27.8 Å². The molecule has 28 heavy (non-hydrogen) atoms. The molecule has 0 amide bonds. The van der Waals surface area contributed by atoms with Crippen molar-refractivity contribution < 1.29 is 14.2 Å². The molecule has 2 aromatic carbocycles. The van der Waals surface area contributed by atoms with Crippen LogP contribution in [0, 0.1) is 0 Å².